The van der Waals surface area contributed by atoms with E-state index in [-0.39, 0.29) is 10.8 Å². The molecule has 0 saturated carbocycles. The number of anilines is 1. The van der Waals surface area contributed by atoms with Crippen molar-refractivity contribution >= 4 is 21.6 Å². The highest BCUT2D eigenvalue weighted by molar-refractivity contribution is 7.92. The zero-order chi connectivity index (χ0) is 22.3. The highest BCUT2D eigenvalue weighted by Crippen LogP contribution is 2.26. The SMILES string of the molecule is Cc1ccc(C(=O)NCCCN2CCCCCC2)cc1N(C)S(=O)(=O)c1ccccc1. The van der Waals surface area contributed by atoms with Crippen LogP contribution in [0.3, 0.4) is 0 Å². The van der Waals surface area contributed by atoms with Gasteiger partial charge >= 0.3 is 0 Å². The summed E-state index contributed by atoms with van der Waals surface area (Å²) in [6.45, 7) is 5.75. The van der Waals surface area contributed by atoms with E-state index in [1.165, 1.54) is 37.0 Å². The van der Waals surface area contributed by atoms with E-state index in [1.807, 2.05) is 6.92 Å². The third-order valence-corrected chi connectivity index (χ3v) is 7.63. The second-order valence-corrected chi connectivity index (χ2v) is 10.1. The number of amides is 1. The Bertz CT molecular complexity index is 969. The Labute approximate surface area is 186 Å². The maximum absolute atomic E-state index is 13.0. The minimum atomic E-state index is -3.70. The zero-order valence-corrected chi connectivity index (χ0v) is 19.3. The fourth-order valence-electron chi connectivity index (χ4n) is 3.94. The van der Waals surface area contributed by atoms with Crippen LogP contribution in [-0.4, -0.2) is 52.5 Å². The van der Waals surface area contributed by atoms with Crippen LogP contribution in [0.15, 0.2) is 53.4 Å². The van der Waals surface area contributed by atoms with Crippen molar-refractivity contribution in [2.75, 3.05) is 37.5 Å². The van der Waals surface area contributed by atoms with Crippen molar-refractivity contribution < 1.29 is 13.2 Å². The fraction of sp³-hybridized carbons (Fsp3) is 0.458. The summed E-state index contributed by atoms with van der Waals surface area (Å²) in [5.74, 6) is -0.178. The molecule has 1 amide bonds. The van der Waals surface area contributed by atoms with Gasteiger partial charge in [0.15, 0.2) is 0 Å². The summed E-state index contributed by atoms with van der Waals surface area (Å²) in [6, 6.07) is 13.5. The van der Waals surface area contributed by atoms with Crippen molar-refractivity contribution in [1.29, 1.82) is 0 Å². The predicted molar refractivity (Wildman–Crippen MR) is 125 cm³/mol. The van der Waals surface area contributed by atoms with E-state index in [2.05, 4.69) is 10.2 Å². The van der Waals surface area contributed by atoms with Crippen molar-refractivity contribution in [2.45, 2.75) is 43.9 Å². The van der Waals surface area contributed by atoms with E-state index in [4.69, 9.17) is 0 Å². The number of hydrogen-bond donors (Lipinski definition) is 1. The molecule has 1 heterocycles. The number of rotatable bonds is 8. The van der Waals surface area contributed by atoms with Gasteiger partial charge in [-0.25, -0.2) is 8.42 Å². The summed E-state index contributed by atoms with van der Waals surface area (Å²) in [5, 5.41) is 2.98. The van der Waals surface area contributed by atoms with Gasteiger partial charge in [-0.1, -0.05) is 37.1 Å². The molecular formula is C24H33N3O3S. The summed E-state index contributed by atoms with van der Waals surface area (Å²) < 4.78 is 27.2. The summed E-state index contributed by atoms with van der Waals surface area (Å²) in [7, 11) is -2.18. The lowest BCUT2D eigenvalue weighted by atomic mass is 10.1. The number of nitrogens with one attached hydrogen (secondary N) is 1. The first-order chi connectivity index (χ1) is 14.9. The van der Waals surface area contributed by atoms with Gasteiger partial charge in [-0.3, -0.25) is 9.10 Å². The number of carbonyl (C=O) groups excluding carboxylic acids is 1. The number of benzene rings is 2. The van der Waals surface area contributed by atoms with Crippen LogP contribution in [0.1, 0.15) is 48.0 Å². The molecule has 0 radical (unpaired) electrons. The van der Waals surface area contributed by atoms with Crippen LogP contribution in [0.4, 0.5) is 5.69 Å². The fourth-order valence-corrected chi connectivity index (χ4v) is 5.21. The highest BCUT2D eigenvalue weighted by atomic mass is 32.2. The van der Waals surface area contributed by atoms with Crippen LogP contribution in [0.2, 0.25) is 0 Å². The number of carbonyl (C=O) groups is 1. The molecule has 6 nitrogen and oxygen atoms in total. The topological polar surface area (TPSA) is 69.7 Å². The van der Waals surface area contributed by atoms with Crippen molar-refractivity contribution in [3.05, 3.63) is 59.7 Å². The van der Waals surface area contributed by atoms with Gasteiger partial charge in [0.25, 0.3) is 15.9 Å². The number of sulfonamides is 1. The van der Waals surface area contributed by atoms with Crippen LogP contribution in [0.5, 0.6) is 0 Å². The standard InChI is InChI=1S/C24H33N3O3S/c1-20-13-14-21(24(28)25-15-10-18-27-16-8-3-4-9-17-27)19-23(20)26(2)31(29,30)22-11-6-5-7-12-22/h5-7,11-14,19H,3-4,8-10,15-18H2,1-2H3,(H,25,28). The molecule has 2 aromatic carbocycles. The van der Waals surface area contributed by atoms with E-state index in [0.29, 0.717) is 17.8 Å². The average Bonchev–Trinajstić information content (AvgIpc) is 3.06. The first-order valence-electron chi connectivity index (χ1n) is 11.0. The monoisotopic (exact) mass is 443 g/mol. The van der Waals surface area contributed by atoms with Crippen LogP contribution < -0.4 is 9.62 Å². The molecular weight excluding hydrogens is 410 g/mol. The maximum Gasteiger partial charge on any atom is 0.264 e. The van der Waals surface area contributed by atoms with Gasteiger partial charge in [0.2, 0.25) is 0 Å². The maximum atomic E-state index is 13.0. The Kier molecular flexibility index (Phi) is 8.09. The Morgan fingerprint density at radius 1 is 1.03 bits per heavy atom. The van der Waals surface area contributed by atoms with E-state index in [9.17, 15) is 13.2 Å². The molecule has 0 spiro atoms. The molecule has 31 heavy (non-hydrogen) atoms. The Morgan fingerprint density at radius 2 is 1.71 bits per heavy atom. The van der Waals surface area contributed by atoms with Gasteiger partial charge in [0.05, 0.1) is 10.6 Å². The van der Waals surface area contributed by atoms with Crippen LogP contribution >= 0.6 is 0 Å². The summed E-state index contributed by atoms with van der Waals surface area (Å²) >= 11 is 0. The molecule has 1 fully saturated rings. The quantitative estimate of drug-likeness (QED) is 0.630. The Morgan fingerprint density at radius 3 is 2.39 bits per heavy atom. The molecule has 0 aromatic heterocycles. The van der Waals surface area contributed by atoms with Crippen molar-refractivity contribution in [3.8, 4) is 0 Å². The number of aryl methyl sites for hydroxylation is 1. The van der Waals surface area contributed by atoms with Crippen molar-refractivity contribution in [1.82, 2.24) is 10.2 Å². The van der Waals surface area contributed by atoms with Gasteiger partial charge in [-0.15, -0.1) is 0 Å². The number of hydrogen-bond acceptors (Lipinski definition) is 4. The van der Waals surface area contributed by atoms with E-state index in [0.717, 1.165) is 31.6 Å². The minimum Gasteiger partial charge on any atom is -0.352 e. The van der Waals surface area contributed by atoms with Crippen LogP contribution in [-0.2, 0) is 10.0 Å². The second-order valence-electron chi connectivity index (χ2n) is 8.15. The second kappa shape index (κ2) is 10.8. The lowest BCUT2D eigenvalue weighted by molar-refractivity contribution is 0.0951. The van der Waals surface area contributed by atoms with Gasteiger partial charge in [0.1, 0.15) is 0 Å². The third kappa shape index (κ3) is 6.08. The average molecular weight is 444 g/mol. The zero-order valence-electron chi connectivity index (χ0n) is 18.5. The van der Waals surface area contributed by atoms with Crippen molar-refractivity contribution in [3.63, 3.8) is 0 Å². The molecule has 0 atom stereocenters. The summed E-state index contributed by atoms with van der Waals surface area (Å²) in [4.78, 5) is 15.4. The molecule has 0 bridgehead atoms. The van der Waals surface area contributed by atoms with E-state index < -0.39 is 10.0 Å². The molecule has 1 saturated heterocycles. The molecule has 1 aliphatic rings. The van der Waals surface area contributed by atoms with E-state index in [1.54, 1.807) is 48.5 Å². The molecule has 1 N–H and O–H groups in total. The van der Waals surface area contributed by atoms with E-state index >= 15 is 0 Å². The smallest absolute Gasteiger partial charge is 0.264 e. The minimum absolute atomic E-state index is 0.178. The lowest BCUT2D eigenvalue weighted by Gasteiger charge is -2.22. The Balaban J connectivity index is 1.62. The molecule has 0 aliphatic carbocycles. The first kappa shape index (κ1) is 23.3. The van der Waals surface area contributed by atoms with Crippen molar-refractivity contribution in [2.24, 2.45) is 0 Å². The molecule has 7 heteroatoms. The van der Waals surface area contributed by atoms with Gasteiger partial charge in [-0.05, 0) is 75.6 Å². The molecule has 0 unspecified atom stereocenters. The lowest BCUT2D eigenvalue weighted by Crippen LogP contribution is -2.31. The normalized spacial score (nSPS) is 15.3. The third-order valence-electron chi connectivity index (χ3n) is 5.85. The Hall–Kier alpha value is -2.38. The largest absolute Gasteiger partial charge is 0.352 e. The van der Waals surface area contributed by atoms with Crippen LogP contribution in [0, 0.1) is 6.92 Å². The first-order valence-corrected chi connectivity index (χ1v) is 12.5. The molecule has 168 valence electrons. The highest BCUT2D eigenvalue weighted by Gasteiger charge is 2.23. The van der Waals surface area contributed by atoms with Gasteiger partial charge in [-0.2, -0.15) is 0 Å². The van der Waals surface area contributed by atoms with Gasteiger partial charge < -0.3 is 10.2 Å². The molecule has 1 aliphatic heterocycles. The summed E-state index contributed by atoms with van der Waals surface area (Å²) in [5.41, 5.74) is 1.76. The number of likely N-dealkylation sites (tertiary alicyclic amines) is 1. The number of nitrogens with zero attached hydrogens (tertiary/aromatic N) is 2. The van der Waals surface area contributed by atoms with Crippen LogP contribution in [0.25, 0.3) is 0 Å². The molecule has 2 aromatic rings. The summed E-state index contributed by atoms with van der Waals surface area (Å²) in [6.07, 6.45) is 6.07. The predicted octanol–water partition coefficient (Wildman–Crippen LogP) is 3.82. The molecule has 3 rings (SSSR count). The van der Waals surface area contributed by atoms with Gasteiger partial charge in [0, 0.05) is 19.2 Å².